The summed E-state index contributed by atoms with van der Waals surface area (Å²) in [6.07, 6.45) is 3.68. The number of rotatable bonds is 6. The lowest BCUT2D eigenvalue weighted by atomic mass is 9.92. The molecule has 1 aromatic carbocycles. The van der Waals surface area contributed by atoms with Crippen LogP contribution in [0.4, 0.5) is 5.69 Å². The van der Waals surface area contributed by atoms with Crippen LogP contribution < -0.4 is 10.8 Å². The Balaban J connectivity index is 1.65. The van der Waals surface area contributed by atoms with Crippen LogP contribution in [-0.4, -0.2) is 67.2 Å². The van der Waals surface area contributed by atoms with Gasteiger partial charge in [-0.05, 0) is 50.6 Å². The minimum atomic E-state index is -0.100. The summed E-state index contributed by atoms with van der Waals surface area (Å²) in [6, 6.07) is 5.97. The van der Waals surface area contributed by atoms with Crippen molar-refractivity contribution in [2.24, 2.45) is 0 Å². The van der Waals surface area contributed by atoms with Crippen LogP contribution in [0.1, 0.15) is 53.1 Å². The van der Waals surface area contributed by atoms with Gasteiger partial charge in [0.15, 0.2) is 0 Å². The van der Waals surface area contributed by atoms with Crippen LogP contribution in [0.15, 0.2) is 18.2 Å². The normalized spacial score (nSPS) is 17.2. The molecule has 0 unspecified atom stereocenters. The Hall–Kier alpha value is -2.80. The van der Waals surface area contributed by atoms with E-state index in [1.54, 1.807) is 0 Å². The molecule has 7 heteroatoms. The first kappa shape index (κ1) is 21.4. The number of H-pyrrole nitrogens is 1. The van der Waals surface area contributed by atoms with Crippen LogP contribution >= 0.6 is 0 Å². The Labute approximate surface area is 185 Å². The quantitative estimate of drug-likeness (QED) is 0.556. The minimum Gasteiger partial charge on any atom is -0.358 e. The smallest absolute Gasteiger partial charge is 0.256 e. The summed E-state index contributed by atoms with van der Waals surface area (Å²) < 4.78 is 0. The topological polar surface area (TPSA) is 68.4 Å². The van der Waals surface area contributed by atoms with Crippen molar-refractivity contribution in [3.05, 3.63) is 46.3 Å². The van der Waals surface area contributed by atoms with Gasteiger partial charge in [-0.3, -0.25) is 9.59 Å². The fraction of sp³-hybridized carbons (Fsp3) is 0.417. The second-order valence-electron chi connectivity index (χ2n) is 8.50. The second-order valence-corrected chi connectivity index (χ2v) is 8.50. The summed E-state index contributed by atoms with van der Waals surface area (Å²) in [4.78, 5) is 33.8. The van der Waals surface area contributed by atoms with E-state index in [0.29, 0.717) is 5.57 Å². The first-order valence-electron chi connectivity index (χ1n) is 11.3. The van der Waals surface area contributed by atoms with Gasteiger partial charge in [0, 0.05) is 42.3 Å². The van der Waals surface area contributed by atoms with E-state index in [-0.39, 0.29) is 11.8 Å². The van der Waals surface area contributed by atoms with Crippen molar-refractivity contribution in [3.8, 4) is 0 Å². The monoisotopic (exact) mass is 418 g/mol. The number of aromatic amines is 1. The summed E-state index contributed by atoms with van der Waals surface area (Å²) in [5.74, 6) is 0.00199. The fourth-order valence-electron chi connectivity index (χ4n) is 4.61. The molecule has 0 saturated carbocycles. The summed E-state index contributed by atoms with van der Waals surface area (Å²) in [5.41, 5.74) is 7.06. The van der Waals surface area contributed by atoms with Crippen molar-refractivity contribution in [2.45, 2.75) is 33.6 Å². The van der Waals surface area contributed by atoms with Crippen LogP contribution in [0.3, 0.4) is 0 Å². The molecule has 4 rings (SSSR count). The zero-order valence-corrected chi connectivity index (χ0v) is 19.0. The molecular weight excluding hydrogens is 387 g/mol. The van der Waals surface area contributed by atoms with Crippen LogP contribution in [-0.2, 0) is 11.2 Å². The average molecular weight is 418 g/mol. The molecule has 162 valence electrons. The number of aryl methyl sites for hydroxylation is 1. The molecule has 2 amide bonds. The second kappa shape index (κ2) is 8.75. The molecule has 1 aromatic heterocycles. The lowest BCUT2D eigenvalue weighted by molar-refractivity contribution is -0.110. The van der Waals surface area contributed by atoms with Crippen molar-refractivity contribution in [1.29, 1.82) is 0 Å². The Morgan fingerprint density at radius 2 is 2.00 bits per heavy atom. The maximum absolute atomic E-state index is 13.4. The minimum absolute atomic E-state index is 0.100. The number of anilines is 1. The zero-order chi connectivity index (χ0) is 22.1. The third-order valence-corrected chi connectivity index (χ3v) is 6.55. The Bertz CT molecular complexity index is 1050. The van der Waals surface area contributed by atoms with Crippen molar-refractivity contribution >= 4 is 42.5 Å². The number of amides is 2. The van der Waals surface area contributed by atoms with Gasteiger partial charge in [0.2, 0.25) is 0 Å². The van der Waals surface area contributed by atoms with Gasteiger partial charge in [0.25, 0.3) is 11.8 Å². The average Bonchev–Trinajstić information content (AvgIpc) is 3.17. The third-order valence-electron chi connectivity index (χ3n) is 6.55. The fourth-order valence-corrected chi connectivity index (χ4v) is 4.61. The lowest BCUT2D eigenvalue weighted by Gasteiger charge is -2.25. The van der Waals surface area contributed by atoms with Crippen molar-refractivity contribution < 1.29 is 9.59 Å². The van der Waals surface area contributed by atoms with Crippen molar-refractivity contribution in [1.82, 2.24) is 14.8 Å². The van der Waals surface area contributed by atoms with Gasteiger partial charge in [0.05, 0.1) is 11.1 Å². The molecule has 0 aliphatic carbocycles. The molecule has 6 nitrogen and oxygen atoms in total. The zero-order valence-electron chi connectivity index (χ0n) is 19.0. The first-order valence-corrected chi connectivity index (χ1v) is 11.3. The maximum Gasteiger partial charge on any atom is 0.256 e. The summed E-state index contributed by atoms with van der Waals surface area (Å²) in [7, 11) is 2.02. The van der Waals surface area contributed by atoms with E-state index < -0.39 is 0 Å². The van der Waals surface area contributed by atoms with E-state index in [4.69, 9.17) is 0 Å². The molecule has 2 aliphatic heterocycles. The highest BCUT2D eigenvalue weighted by atomic mass is 16.2. The van der Waals surface area contributed by atoms with E-state index in [9.17, 15) is 9.59 Å². The van der Waals surface area contributed by atoms with Gasteiger partial charge < -0.3 is 20.1 Å². The molecule has 2 aromatic rings. The van der Waals surface area contributed by atoms with E-state index >= 15 is 0 Å². The lowest BCUT2D eigenvalue weighted by Crippen LogP contribution is -2.38. The standard InChI is InChI=1S/C24H31BN4O2/c1-4-28(5-2)11-12-29-10-6-7-20-22(24(29)31)15(3)21(26-20)14-18-17-13-16(25)8-9-19(17)27-23(18)30/h8-9,13-14,26H,4-7,10-12,25H2,1-3H3,(H,27,30)/b18-14-. The van der Waals surface area contributed by atoms with Gasteiger partial charge in [0.1, 0.15) is 7.85 Å². The number of carbonyl (C=O) groups excluding carboxylic acids is 2. The number of benzene rings is 1. The maximum atomic E-state index is 13.4. The highest BCUT2D eigenvalue weighted by molar-refractivity contribution is 6.37. The number of nitrogens with zero attached hydrogens (tertiary/aromatic N) is 2. The van der Waals surface area contributed by atoms with Gasteiger partial charge in [-0.2, -0.15) is 0 Å². The van der Waals surface area contributed by atoms with Crippen LogP contribution in [0.2, 0.25) is 0 Å². The van der Waals surface area contributed by atoms with E-state index in [0.717, 1.165) is 84.8 Å². The molecule has 0 atom stereocenters. The molecule has 2 aliphatic rings. The number of carbonyl (C=O) groups is 2. The molecule has 0 saturated heterocycles. The van der Waals surface area contributed by atoms with E-state index in [2.05, 4.69) is 29.0 Å². The van der Waals surface area contributed by atoms with Gasteiger partial charge in [-0.15, -0.1) is 0 Å². The Kier molecular flexibility index (Phi) is 6.05. The number of aromatic nitrogens is 1. The predicted molar refractivity (Wildman–Crippen MR) is 129 cm³/mol. The number of hydrogen-bond acceptors (Lipinski definition) is 3. The van der Waals surface area contributed by atoms with E-state index in [1.807, 2.05) is 43.9 Å². The molecular formula is C24H31BN4O2. The summed E-state index contributed by atoms with van der Waals surface area (Å²) >= 11 is 0. The third kappa shape index (κ3) is 4.06. The summed E-state index contributed by atoms with van der Waals surface area (Å²) in [6.45, 7) is 10.7. The van der Waals surface area contributed by atoms with Gasteiger partial charge >= 0.3 is 0 Å². The molecule has 0 radical (unpaired) electrons. The van der Waals surface area contributed by atoms with Crippen LogP contribution in [0.25, 0.3) is 11.6 Å². The number of nitrogens with one attached hydrogen (secondary N) is 2. The molecule has 0 spiro atoms. The molecule has 0 bridgehead atoms. The molecule has 3 heterocycles. The Morgan fingerprint density at radius 3 is 2.74 bits per heavy atom. The SMILES string of the molecule is Bc1ccc2c(c1)/C(=C/c1[nH]c3c(c1C)C(=O)N(CCN(CC)CC)CCC3)C(=O)N2. The number of hydrogen-bond donors (Lipinski definition) is 2. The number of fused-ring (bicyclic) bond motifs is 2. The van der Waals surface area contributed by atoms with E-state index in [1.165, 1.54) is 0 Å². The van der Waals surface area contributed by atoms with Crippen molar-refractivity contribution in [2.75, 3.05) is 38.0 Å². The highest BCUT2D eigenvalue weighted by Crippen LogP contribution is 2.34. The molecule has 31 heavy (non-hydrogen) atoms. The largest absolute Gasteiger partial charge is 0.358 e. The number of likely N-dealkylation sites (N-methyl/N-ethyl adjacent to an activating group) is 1. The molecule has 2 N–H and O–H groups in total. The first-order chi connectivity index (χ1) is 14.9. The van der Waals surface area contributed by atoms with Gasteiger partial charge in [-0.25, -0.2) is 0 Å². The predicted octanol–water partition coefficient (Wildman–Crippen LogP) is 1.80. The Morgan fingerprint density at radius 1 is 1.23 bits per heavy atom. The summed E-state index contributed by atoms with van der Waals surface area (Å²) in [5, 5.41) is 2.94. The van der Waals surface area contributed by atoms with Crippen LogP contribution in [0, 0.1) is 6.92 Å². The molecule has 0 fully saturated rings. The van der Waals surface area contributed by atoms with Crippen LogP contribution in [0.5, 0.6) is 0 Å². The van der Waals surface area contributed by atoms with Crippen molar-refractivity contribution in [3.63, 3.8) is 0 Å². The van der Waals surface area contributed by atoms with Gasteiger partial charge in [-0.1, -0.05) is 31.4 Å². The highest BCUT2D eigenvalue weighted by Gasteiger charge is 2.29.